The number of rotatable bonds is 4. The molecule has 1 saturated heterocycles. The van der Waals surface area contributed by atoms with Crippen LogP contribution < -0.4 is 5.32 Å². The van der Waals surface area contributed by atoms with Crippen LogP contribution in [0, 0.1) is 0 Å². The number of imidazole rings is 1. The van der Waals surface area contributed by atoms with Crippen molar-refractivity contribution in [2.75, 3.05) is 20.3 Å². The smallest absolute Gasteiger partial charge is 0.383 e. The molecule has 2 heterocycles. The lowest BCUT2D eigenvalue weighted by Gasteiger charge is -2.13. The monoisotopic (exact) mass is 313 g/mol. The number of nitrogens with zero attached hydrogens (tertiary/aromatic N) is 2. The molecular weight excluding hydrogens is 295 g/mol. The maximum atomic E-state index is 12.9. The van der Waals surface area contributed by atoms with Gasteiger partial charge in [0.05, 0.1) is 29.2 Å². The minimum atomic E-state index is -4.35. The van der Waals surface area contributed by atoms with Crippen molar-refractivity contribution >= 4 is 11.0 Å². The van der Waals surface area contributed by atoms with Gasteiger partial charge in [-0.3, -0.25) is 0 Å². The van der Waals surface area contributed by atoms with Crippen molar-refractivity contribution < 1.29 is 17.9 Å². The second-order valence-electron chi connectivity index (χ2n) is 5.46. The van der Waals surface area contributed by atoms with Crippen LogP contribution in [-0.2, 0) is 17.5 Å². The second kappa shape index (κ2) is 5.89. The summed E-state index contributed by atoms with van der Waals surface area (Å²) in [4.78, 5) is 4.47. The Hall–Kier alpha value is -1.60. The lowest BCUT2D eigenvalue weighted by Crippen LogP contribution is -2.19. The van der Waals surface area contributed by atoms with Crippen LogP contribution in [0.5, 0.6) is 0 Å². The Bertz CT molecular complexity index is 660. The van der Waals surface area contributed by atoms with E-state index in [4.69, 9.17) is 4.74 Å². The lowest BCUT2D eigenvalue weighted by atomic mass is 10.2. The normalized spacial score (nSPS) is 19.2. The molecule has 1 aromatic heterocycles. The first kappa shape index (κ1) is 15.3. The third-order valence-corrected chi connectivity index (χ3v) is 4.00. The van der Waals surface area contributed by atoms with Crippen LogP contribution in [0.3, 0.4) is 0 Å². The third-order valence-electron chi connectivity index (χ3n) is 4.00. The summed E-state index contributed by atoms with van der Waals surface area (Å²) in [5.41, 5.74) is 0.436. The molecule has 120 valence electrons. The van der Waals surface area contributed by atoms with Crippen LogP contribution in [0.25, 0.3) is 11.0 Å². The van der Waals surface area contributed by atoms with Gasteiger partial charge in [0, 0.05) is 13.7 Å². The highest BCUT2D eigenvalue weighted by Crippen LogP contribution is 2.33. The number of alkyl halides is 3. The first-order valence-electron chi connectivity index (χ1n) is 7.30. The number of hydrogen-bond acceptors (Lipinski definition) is 3. The van der Waals surface area contributed by atoms with Crippen molar-refractivity contribution in [1.29, 1.82) is 0 Å². The van der Waals surface area contributed by atoms with Crippen LogP contribution in [0.15, 0.2) is 18.2 Å². The molecule has 1 aromatic carbocycles. The Morgan fingerprint density at radius 2 is 2.23 bits per heavy atom. The molecule has 0 spiro atoms. The molecule has 3 rings (SSSR count). The summed E-state index contributed by atoms with van der Waals surface area (Å²) in [5.74, 6) is 0.795. The topological polar surface area (TPSA) is 39.1 Å². The van der Waals surface area contributed by atoms with Crippen molar-refractivity contribution in [2.24, 2.45) is 0 Å². The van der Waals surface area contributed by atoms with E-state index in [1.54, 1.807) is 7.11 Å². The summed E-state index contributed by atoms with van der Waals surface area (Å²) in [7, 11) is 1.61. The number of benzene rings is 1. The average molecular weight is 313 g/mol. The van der Waals surface area contributed by atoms with Gasteiger partial charge in [-0.25, -0.2) is 4.98 Å². The van der Waals surface area contributed by atoms with Gasteiger partial charge in [0.15, 0.2) is 0 Å². The quantitative estimate of drug-likeness (QED) is 0.942. The lowest BCUT2D eigenvalue weighted by molar-refractivity contribution is -0.137. The zero-order valence-electron chi connectivity index (χ0n) is 12.3. The van der Waals surface area contributed by atoms with E-state index in [2.05, 4.69) is 10.3 Å². The van der Waals surface area contributed by atoms with Gasteiger partial charge in [-0.15, -0.1) is 0 Å². The fourth-order valence-electron chi connectivity index (χ4n) is 2.91. The van der Waals surface area contributed by atoms with Gasteiger partial charge in [0.25, 0.3) is 0 Å². The van der Waals surface area contributed by atoms with E-state index in [-0.39, 0.29) is 6.04 Å². The van der Waals surface area contributed by atoms with Gasteiger partial charge in [-0.2, -0.15) is 13.2 Å². The minimum Gasteiger partial charge on any atom is -0.383 e. The predicted molar refractivity (Wildman–Crippen MR) is 76.6 cm³/mol. The number of ether oxygens (including phenoxy) is 1. The van der Waals surface area contributed by atoms with E-state index < -0.39 is 11.7 Å². The summed E-state index contributed by atoms with van der Waals surface area (Å²) in [6.45, 7) is 1.98. The Morgan fingerprint density at radius 3 is 2.86 bits per heavy atom. The van der Waals surface area contributed by atoms with Crippen molar-refractivity contribution in [2.45, 2.75) is 31.6 Å². The Labute approximate surface area is 126 Å². The number of halogens is 3. The molecule has 22 heavy (non-hydrogen) atoms. The molecule has 0 aliphatic carbocycles. The number of hydrogen-bond donors (Lipinski definition) is 1. The Kier molecular flexibility index (Phi) is 4.10. The van der Waals surface area contributed by atoms with Gasteiger partial charge in [0.2, 0.25) is 0 Å². The Balaban J connectivity index is 2.07. The van der Waals surface area contributed by atoms with Gasteiger partial charge < -0.3 is 14.6 Å². The number of aromatic nitrogens is 2. The van der Waals surface area contributed by atoms with Crippen molar-refractivity contribution in [3.63, 3.8) is 0 Å². The molecule has 1 unspecified atom stereocenters. The molecule has 1 atom stereocenters. The average Bonchev–Trinajstić information content (AvgIpc) is 3.10. The molecule has 1 aliphatic heterocycles. The maximum Gasteiger partial charge on any atom is 0.416 e. The van der Waals surface area contributed by atoms with Crippen molar-refractivity contribution in [3.8, 4) is 0 Å². The molecule has 2 aromatic rings. The summed E-state index contributed by atoms with van der Waals surface area (Å²) >= 11 is 0. The molecular formula is C15H18F3N3O. The molecule has 0 saturated carbocycles. The zero-order chi connectivity index (χ0) is 15.7. The maximum absolute atomic E-state index is 12.9. The van der Waals surface area contributed by atoms with Crippen LogP contribution in [0.4, 0.5) is 13.2 Å². The summed E-state index contributed by atoms with van der Waals surface area (Å²) in [6, 6.07) is 3.83. The largest absolute Gasteiger partial charge is 0.416 e. The molecule has 1 N–H and O–H groups in total. The van der Waals surface area contributed by atoms with Crippen LogP contribution in [0.2, 0.25) is 0 Å². The van der Waals surface area contributed by atoms with Gasteiger partial charge in [-0.05, 0) is 37.6 Å². The van der Waals surface area contributed by atoms with E-state index in [1.807, 2.05) is 4.57 Å². The van der Waals surface area contributed by atoms with Crippen molar-refractivity contribution in [1.82, 2.24) is 14.9 Å². The van der Waals surface area contributed by atoms with Crippen LogP contribution in [-0.4, -0.2) is 29.8 Å². The molecule has 0 amide bonds. The zero-order valence-corrected chi connectivity index (χ0v) is 12.3. The third kappa shape index (κ3) is 2.83. The van der Waals surface area contributed by atoms with E-state index >= 15 is 0 Å². The first-order chi connectivity index (χ1) is 10.5. The van der Waals surface area contributed by atoms with E-state index in [0.29, 0.717) is 24.2 Å². The number of fused-ring (bicyclic) bond motifs is 1. The minimum absolute atomic E-state index is 0.0959. The Morgan fingerprint density at radius 1 is 1.41 bits per heavy atom. The highest BCUT2D eigenvalue weighted by atomic mass is 19.4. The van der Waals surface area contributed by atoms with E-state index in [9.17, 15) is 13.2 Å². The fraction of sp³-hybridized carbons (Fsp3) is 0.533. The predicted octanol–water partition coefficient (Wildman–Crippen LogP) is 3.13. The number of nitrogens with one attached hydrogen (secondary N) is 1. The first-order valence-corrected chi connectivity index (χ1v) is 7.30. The van der Waals surface area contributed by atoms with Crippen molar-refractivity contribution in [3.05, 3.63) is 29.6 Å². The molecule has 1 fully saturated rings. The van der Waals surface area contributed by atoms with E-state index in [0.717, 1.165) is 37.3 Å². The molecule has 0 radical (unpaired) electrons. The molecule has 1 aliphatic rings. The second-order valence-corrected chi connectivity index (χ2v) is 5.46. The summed E-state index contributed by atoms with van der Waals surface area (Å²) in [6.07, 6.45) is -2.36. The molecule has 0 bridgehead atoms. The van der Waals surface area contributed by atoms with Crippen LogP contribution in [0.1, 0.15) is 30.3 Å². The highest BCUT2D eigenvalue weighted by molar-refractivity contribution is 5.77. The highest BCUT2D eigenvalue weighted by Gasteiger charge is 2.31. The molecule has 7 heteroatoms. The van der Waals surface area contributed by atoms with Gasteiger partial charge >= 0.3 is 6.18 Å². The van der Waals surface area contributed by atoms with Crippen LogP contribution >= 0.6 is 0 Å². The summed E-state index contributed by atoms with van der Waals surface area (Å²) in [5, 5.41) is 3.35. The molecule has 4 nitrogen and oxygen atoms in total. The van der Waals surface area contributed by atoms with Gasteiger partial charge in [0.1, 0.15) is 5.82 Å². The van der Waals surface area contributed by atoms with E-state index in [1.165, 1.54) is 6.07 Å². The van der Waals surface area contributed by atoms with Gasteiger partial charge in [-0.1, -0.05) is 0 Å². The SMILES string of the molecule is COCCn1c(C2CCCN2)nc2cc(C(F)(F)F)ccc21. The standard InChI is InChI=1S/C15H18F3N3O/c1-22-8-7-21-13-5-4-10(15(16,17)18)9-12(13)20-14(21)11-3-2-6-19-11/h4-5,9,11,19H,2-3,6-8H2,1H3. The number of methoxy groups -OCH3 is 1. The fourth-order valence-corrected chi connectivity index (χ4v) is 2.91. The summed E-state index contributed by atoms with van der Waals surface area (Å²) < 4.78 is 45.7.